The summed E-state index contributed by atoms with van der Waals surface area (Å²) in [6, 6.07) is 6.13. The van der Waals surface area contributed by atoms with Crippen molar-refractivity contribution in [3.05, 3.63) is 38.7 Å². The summed E-state index contributed by atoms with van der Waals surface area (Å²) < 4.78 is 6.04. The molecule has 0 atom stereocenters. The molecule has 1 heterocycles. The number of esters is 1. The van der Waals surface area contributed by atoms with Crippen LogP contribution in [0, 0.1) is 13.8 Å². The Hall–Kier alpha value is -1.33. The molecule has 0 spiro atoms. The van der Waals surface area contributed by atoms with E-state index in [2.05, 4.69) is 22.0 Å². The number of carbonyl (C=O) groups is 1. The Kier molecular flexibility index (Phi) is 4.50. The maximum atomic E-state index is 11.9. The van der Waals surface area contributed by atoms with Gasteiger partial charge in [0.15, 0.2) is 0 Å². The third-order valence-electron chi connectivity index (χ3n) is 3.02. The molecule has 3 nitrogen and oxygen atoms in total. The molecule has 0 fully saturated rings. The number of nitrogens with two attached hydrogens (primary N) is 1. The summed E-state index contributed by atoms with van der Waals surface area (Å²) in [6.45, 7) is 6.09. The molecular weight excluding hydrogens is 338 g/mol. The smallest absolute Gasteiger partial charge is 0.350 e. The summed E-state index contributed by atoms with van der Waals surface area (Å²) in [5.74, 6) is -0.354. The van der Waals surface area contributed by atoms with Gasteiger partial charge in [-0.15, -0.1) is 11.3 Å². The fourth-order valence-corrected chi connectivity index (χ4v) is 3.92. The molecule has 2 N–H and O–H groups in total. The number of thiophene rings is 1. The van der Waals surface area contributed by atoms with E-state index >= 15 is 0 Å². The van der Waals surface area contributed by atoms with E-state index in [-0.39, 0.29) is 5.97 Å². The molecular formula is C15H16BrNO2S. The summed E-state index contributed by atoms with van der Waals surface area (Å²) in [5, 5.41) is 0. The van der Waals surface area contributed by atoms with Crippen molar-refractivity contribution < 1.29 is 9.53 Å². The maximum absolute atomic E-state index is 11.9. The molecule has 0 amide bonds. The predicted octanol–water partition coefficient (Wildman–Crippen LogP) is 4.55. The van der Waals surface area contributed by atoms with Gasteiger partial charge >= 0.3 is 5.97 Å². The van der Waals surface area contributed by atoms with Gasteiger partial charge < -0.3 is 10.5 Å². The Bertz CT molecular complexity index is 664. The molecule has 0 aliphatic carbocycles. The van der Waals surface area contributed by atoms with E-state index in [9.17, 15) is 4.79 Å². The lowest BCUT2D eigenvalue weighted by Gasteiger charge is -2.04. The van der Waals surface area contributed by atoms with Crippen LogP contribution in [-0.4, -0.2) is 12.6 Å². The van der Waals surface area contributed by atoms with Crippen LogP contribution in [0.1, 0.15) is 27.7 Å². The van der Waals surface area contributed by atoms with Crippen molar-refractivity contribution in [1.82, 2.24) is 0 Å². The minimum atomic E-state index is -0.354. The van der Waals surface area contributed by atoms with Gasteiger partial charge in [-0.1, -0.05) is 28.1 Å². The lowest BCUT2D eigenvalue weighted by Crippen LogP contribution is -2.05. The van der Waals surface area contributed by atoms with Crippen LogP contribution < -0.4 is 5.73 Å². The van der Waals surface area contributed by atoms with Crippen molar-refractivity contribution in [1.29, 1.82) is 0 Å². The minimum absolute atomic E-state index is 0.346. The van der Waals surface area contributed by atoms with Crippen LogP contribution in [0.5, 0.6) is 0 Å². The summed E-state index contributed by atoms with van der Waals surface area (Å²) in [6.07, 6.45) is 0. The van der Waals surface area contributed by atoms with Gasteiger partial charge in [0.25, 0.3) is 0 Å². The molecule has 0 saturated heterocycles. The molecule has 0 saturated carbocycles. The second-order valence-electron chi connectivity index (χ2n) is 4.50. The van der Waals surface area contributed by atoms with Crippen molar-refractivity contribution in [3.8, 4) is 10.4 Å². The van der Waals surface area contributed by atoms with Gasteiger partial charge in [0.2, 0.25) is 0 Å². The second-order valence-corrected chi connectivity index (χ2v) is 6.38. The zero-order valence-electron chi connectivity index (χ0n) is 11.6. The standard InChI is InChI=1S/C15H16BrNO2S/c1-4-19-15(18)14-12(17)9(3)13(20-14)10-6-5-8(2)7-11(10)16/h5-7H,4,17H2,1-3H3. The first kappa shape index (κ1) is 15.1. The Labute approximate surface area is 130 Å². The van der Waals surface area contributed by atoms with Crippen molar-refractivity contribution in [2.24, 2.45) is 0 Å². The summed E-state index contributed by atoms with van der Waals surface area (Å²) in [7, 11) is 0. The molecule has 1 aromatic heterocycles. The number of hydrogen-bond acceptors (Lipinski definition) is 4. The largest absolute Gasteiger partial charge is 0.462 e. The highest BCUT2D eigenvalue weighted by Crippen LogP contribution is 2.41. The molecule has 20 heavy (non-hydrogen) atoms. The number of ether oxygens (including phenoxy) is 1. The third kappa shape index (κ3) is 2.74. The molecule has 2 rings (SSSR count). The number of anilines is 1. The Morgan fingerprint density at radius 3 is 2.70 bits per heavy atom. The Balaban J connectivity index is 2.53. The number of rotatable bonds is 3. The lowest BCUT2D eigenvalue weighted by atomic mass is 10.1. The van der Waals surface area contributed by atoms with Gasteiger partial charge in [0.1, 0.15) is 4.88 Å². The normalized spacial score (nSPS) is 10.6. The van der Waals surface area contributed by atoms with Crippen LogP contribution in [0.4, 0.5) is 5.69 Å². The van der Waals surface area contributed by atoms with Gasteiger partial charge in [0.05, 0.1) is 12.3 Å². The van der Waals surface area contributed by atoms with Gasteiger partial charge in [0, 0.05) is 14.9 Å². The highest BCUT2D eigenvalue weighted by Gasteiger charge is 2.21. The number of halogens is 1. The number of hydrogen-bond donors (Lipinski definition) is 1. The van der Waals surface area contributed by atoms with E-state index in [1.54, 1.807) is 6.92 Å². The molecule has 0 radical (unpaired) electrons. The van der Waals surface area contributed by atoms with E-state index in [4.69, 9.17) is 10.5 Å². The fourth-order valence-electron chi connectivity index (χ4n) is 1.94. The highest BCUT2D eigenvalue weighted by molar-refractivity contribution is 9.10. The van der Waals surface area contributed by atoms with Crippen LogP contribution in [0.3, 0.4) is 0 Å². The topological polar surface area (TPSA) is 52.3 Å². The molecule has 1 aromatic carbocycles. The summed E-state index contributed by atoms with van der Waals surface area (Å²) >= 11 is 4.95. The summed E-state index contributed by atoms with van der Waals surface area (Å²) in [5.41, 5.74) is 9.69. The average molecular weight is 354 g/mol. The fraction of sp³-hybridized carbons (Fsp3) is 0.267. The SMILES string of the molecule is CCOC(=O)c1sc(-c2ccc(C)cc2Br)c(C)c1N. The number of aryl methyl sites for hydroxylation is 1. The van der Waals surface area contributed by atoms with Crippen LogP contribution in [0.15, 0.2) is 22.7 Å². The van der Waals surface area contributed by atoms with E-state index in [1.807, 2.05) is 26.0 Å². The minimum Gasteiger partial charge on any atom is -0.462 e. The Morgan fingerprint density at radius 2 is 2.10 bits per heavy atom. The van der Waals surface area contributed by atoms with Crippen molar-refractivity contribution in [2.75, 3.05) is 12.3 Å². The first-order chi connectivity index (χ1) is 9.45. The molecule has 0 bridgehead atoms. The Morgan fingerprint density at radius 1 is 1.40 bits per heavy atom. The van der Waals surface area contributed by atoms with Crippen LogP contribution >= 0.6 is 27.3 Å². The average Bonchev–Trinajstić information content (AvgIpc) is 2.67. The zero-order valence-corrected chi connectivity index (χ0v) is 14.0. The number of benzene rings is 1. The summed E-state index contributed by atoms with van der Waals surface area (Å²) in [4.78, 5) is 13.4. The van der Waals surface area contributed by atoms with E-state index < -0.39 is 0 Å². The molecule has 5 heteroatoms. The maximum Gasteiger partial charge on any atom is 0.350 e. The van der Waals surface area contributed by atoms with E-state index in [0.717, 1.165) is 20.5 Å². The third-order valence-corrected chi connectivity index (χ3v) is 5.00. The van der Waals surface area contributed by atoms with Crippen LogP contribution in [-0.2, 0) is 4.74 Å². The molecule has 0 aliphatic rings. The van der Waals surface area contributed by atoms with Gasteiger partial charge in [-0.05, 0) is 38.0 Å². The van der Waals surface area contributed by atoms with Gasteiger partial charge in [-0.3, -0.25) is 0 Å². The first-order valence-electron chi connectivity index (χ1n) is 6.28. The molecule has 2 aromatic rings. The van der Waals surface area contributed by atoms with Crippen molar-refractivity contribution in [2.45, 2.75) is 20.8 Å². The lowest BCUT2D eigenvalue weighted by molar-refractivity contribution is 0.0533. The van der Waals surface area contributed by atoms with Crippen molar-refractivity contribution >= 4 is 38.9 Å². The van der Waals surface area contributed by atoms with Crippen molar-refractivity contribution in [3.63, 3.8) is 0 Å². The van der Waals surface area contributed by atoms with E-state index in [1.165, 1.54) is 16.9 Å². The number of carbonyl (C=O) groups excluding carboxylic acids is 1. The quantitative estimate of drug-likeness (QED) is 0.823. The monoisotopic (exact) mass is 353 g/mol. The molecule has 0 unspecified atom stereocenters. The highest BCUT2D eigenvalue weighted by atomic mass is 79.9. The number of nitrogen functional groups attached to an aromatic ring is 1. The zero-order chi connectivity index (χ0) is 14.9. The van der Waals surface area contributed by atoms with Gasteiger partial charge in [-0.25, -0.2) is 4.79 Å². The van der Waals surface area contributed by atoms with E-state index in [0.29, 0.717) is 17.2 Å². The first-order valence-corrected chi connectivity index (χ1v) is 7.89. The predicted molar refractivity (Wildman–Crippen MR) is 87.3 cm³/mol. The molecule has 0 aliphatic heterocycles. The van der Waals surface area contributed by atoms with Crippen LogP contribution in [0.25, 0.3) is 10.4 Å². The molecule has 106 valence electrons. The van der Waals surface area contributed by atoms with Crippen LogP contribution in [0.2, 0.25) is 0 Å². The van der Waals surface area contributed by atoms with Gasteiger partial charge in [-0.2, -0.15) is 0 Å². The second kappa shape index (κ2) is 5.97.